The number of halogens is 3. The van der Waals surface area contributed by atoms with Crippen LogP contribution < -0.4 is 11.2 Å². The zero-order valence-electron chi connectivity index (χ0n) is 15.2. The fourth-order valence-electron chi connectivity index (χ4n) is 2.24. The van der Waals surface area contributed by atoms with Crippen LogP contribution in [0.5, 0.6) is 0 Å². The first-order valence-corrected chi connectivity index (χ1v) is 11.3. The number of hydrazine groups is 1. The van der Waals surface area contributed by atoms with Gasteiger partial charge in [-0.15, -0.1) is 0 Å². The Kier molecular flexibility index (Phi) is 11.1. The Morgan fingerprint density at radius 3 is 1.93 bits per heavy atom. The van der Waals surface area contributed by atoms with E-state index in [0.29, 0.717) is 12.1 Å². The lowest BCUT2D eigenvalue weighted by molar-refractivity contribution is 0.0457. The molecular weight excluding hydrogens is 727 g/mol. The summed E-state index contributed by atoms with van der Waals surface area (Å²) >= 11 is 5.46. The van der Waals surface area contributed by atoms with Gasteiger partial charge in [0.15, 0.2) is 5.78 Å². The molecule has 1 aromatic rings. The van der Waals surface area contributed by atoms with Gasteiger partial charge in [0.05, 0.1) is 43.1 Å². The molecular formula is C16H20I3N3O7. The molecule has 0 saturated heterocycles. The smallest absolute Gasteiger partial charge is 0.270 e. The van der Waals surface area contributed by atoms with E-state index >= 15 is 0 Å². The maximum Gasteiger partial charge on any atom is 0.270 e. The van der Waals surface area contributed by atoms with E-state index < -0.39 is 37.2 Å². The van der Waals surface area contributed by atoms with Crippen molar-refractivity contribution in [1.29, 1.82) is 0 Å². The monoisotopic (exact) mass is 747 g/mol. The van der Waals surface area contributed by atoms with E-state index in [2.05, 4.69) is 5.32 Å². The number of ketones is 1. The number of aliphatic hydroxyl groups excluding tert-OH is 4. The molecule has 29 heavy (non-hydrogen) atoms. The van der Waals surface area contributed by atoms with Crippen molar-refractivity contribution >= 4 is 85.4 Å². The van der Waals surface area contributed by atoms with Gasteiger partial charge in [-0.2, -0.15) is 0 Å². The maximum atomic E-state index is 12.9. The first-order valence-electron chi connectivity index (χ1n) is 8.11. The summed E-state index contributed by atoms with van der Waals surface area (Å²) in [6.45, 7) is -0.418. The Hall–Kier alpha value is -0.180. The minimum Gasteiger partial charge on any atom is -0.394 e. The van der Waals surface area contributed by atoms with Crippen LogP contribution >= 0.6 is 67.8 Å². The van der Waals surface area contributed by atoms with E-state index in [-0.39, 0.29) is 39.1 Å². The molecule has 0 aliphatic heterocycles. The van der Waals surface area contributed by atoms with E-state index in [4.69, 9.17) is 16.1 Å². The van der Waals surface area contributed by atoms with Gasteiger partial charge < -0.3 is 25.7 Å². The molecule has 0 aromatic heterocycles. The van der Waals surface area contributed by atoms with Gasteiger partial charge in [-0.1, -0.05) is 0 Å². The van der Waals surface area contributed by atoms with Crippen molar-refractivity contribution in [3.63, 3.8) is 0 Å². The van der Waals surface area contributed by atoms with Gasteiger partial charge >= 0.3 is 0 Å². The highest BCUT2D eigenvalue weighted by Gasteiger charge is 2.31. The molecule has 10 nitrogen and oxygen atoms in total. The third kappa shape index (κ3) is 6.65. The van der Waals surface area contributed by atoms with E-state index in [9.17, 15) is 24.6 Å². The third-order valence-electron chi connectivity index (χ3n) is 3.70. The lowest BCUT2D eigenvalue weighted by Crippen LogP contribution is -2.44. The second-order valence-electron chi connectivity index (χ2n) is 5.96. The van der Waals surface area contributed by atoms with Crippen molar-refractivity contribution in [1.82, 2.24) is 10.3 Å². The summed E-state index contributed by atoms with van der Waals surface area (Å²) in [5.41, 5.74) is 0.234. The Labute approximate surface area is 207 Å². The van der Waals surface area contributed by atoms with Crippen LogP contribution in [0.1, 0.15) is 38.0 Å². The number of carbonyl (C=O) groups is 3. The van der Waals surface area contributed by atoms with Crippen molar-refractivity contribution in [3.05, 3.63) is 27.4 Å². The molecule has 162 valence electrons. The van der Waals surface area contributed by atoms with Crippen LogP contribution in [-0.2, 0) is 0 Å². The highest BCUT2D eigenvalue weighted by atomic mass is 127. The quantitative estimate of drug-likeness (QED) is 0.0643. The largest absolute Gasteiger partial charge is 0.394 e. The molecule has 0 fully saturated rings. The second-order valence-corrected chi connectivity index (χ2v) is 9.20. The summed E-state index contributed by atoms with van der Waals surface area (Å²) in [4.78, 5) is 37.8. The molecule has 0 spiro atoms. The summed E-state index contributed by atoms with van der Waals surface area (Å²) in [5.74, 6) is 3.98. The predicted octanol–water partition coefficient (Wildman–Crippen LogP) is -0.545. The zero-order chi connectivity index (χ0) is 22.5. The van der Waals surface area contributed by atoms with Crippen LogP contribution in [-0.4, -0.2) is 81.5 Å². The first-order chi connectivity index (χ1) is 13.5. The fraction of sp³-hybridized carbons (Fsp3) is 0.438. The van der Waals surface area contributed by atoms with Gasteiger partial charge in [-0.05, 0) is 74.7 Å². The highest BCUT2D eigenvalue weighted by molar-refractivity contribution is 14.1. The molecule has 13 heteroatoms. The number of nitrogens with zero attached hydrogens (tertiary/aromatic N) is 1. The Morgan fingerprint density at radius 1 is 0.966 bits per heavy atom. The minimum absolute atomic E-state index is 0.0114. The van der Waals surface area contributed by atoms with Crippen LogP contribution in [0.2, 0.25) is 0 Å². The summed E-state index contributed by atoms with van der Waals surface area (Å²) in [6, 6.07) is 0. The Balaban J connectivity index is 3.54. The maximum absolute atomic E-state index is 12.9. The van der Waals surface area contributed by atoms with Crippen LogP contribution in [0.15, 0.2) is 0 Å². The van der Waals surface area contributed by atoms with E-state index in [1.165, 1.54) is 6.92 Å². The molecule has 2 unspecified atom stereocenters. The third-order valence-corrected chi connectivity index (χ3v) is 6.93. The fourth-order valence-corrected chi connectivity index (χ4v) is 7.11. The normalized spacial score (nSPS) is 13.0. The van der Waals surface area contributed by atoms with Crippen molar-refractivity contribution in [2.24, 2.45) is 5.84 Å². The standard InChI is InChI=1S/C16H20I3N3O7/c1-6(25)9-12(17)10(15(28)21-2-7(26)4-23)14(19)11(13(9)18)16(29)22(20)3-8(27)5-24/h7-8,23-24,26-27H,2-5,20H2,1H3,(H,21,28). The summed E-state index contributed by atoms with van der Waals surface area (Å²) in [6.07, 6.45) is -2.41. The topological polar surface area (TPSA) is 173 Å². The van der Waals surface area contributed by atoms with Crippen LogP contribution in [0, 0.1) is 10.7 Å². The molecule has 0 heterocycles. The number of hydrogen-bond acceptors (Lipinski definition) is 8. The molecule has 2 amide bonds. The molecule has 0 bridgehead atoms. The van der Waals surface area contributed by atoms with Gasteiger partial charge in [0.25, 0.3) is 11.8 Å². The van der Waals surface area contributed by atoms with Crippen LogP contribution in [0.3, 0.4) is 0 Å². The average molecular weight is 747 g/mol. The number of amides is 2. The van der Waals surface area contributed by atoms with Crippen molar-refractivity contribution in [2.75, 3.05) is 26.3 Å². The van der Waals surface area contributed by atoms with Gasteiger partial charge in [-0.3, -0.25) is 19.4 Å². The van der Waals surface area contributed by atoms with Crippen LogP contribution in [0.25, 0.3) is 0 Å². The molecule has 0 radical (unpaired) electrons. The second kappa shape index (κ2) is 12.0. The number of nitrogens with one attached hydrogen (secondary N) is 1. The number of aliphatic hydroxyl groups is 4. The van der Waals surface area contributed by atoms with E-state index in [1.54, 1.807) is 22.6 Å². The number of rotatable bonds is 9. The van der Waals surface area contributed by atoms with Gasteiger partial charge in [0, 0.05) is 22.8 Å². The van der Waals surface area contributed by atoms with Crippen molar-refractivity contribution in [2.45, 2.75) is 19.1 Å². The molecule has 1 rings (SSSR count). The van der Waals surface area contributed by atoms with Crippen molar-refractivity contribution < 1.29 is 34.8 Å². The average Bonchev–Trinajstić information content (AvgIpc) is 2.65. The molecule has 0 saturated carbocycles. The number of nitrogens with two attached hydrogens (primary N) is 1. The van der Waals surface area contributed by atoms with Gasteiger partial charge in [0.1, 0.15) is 0 Å². The number of carbonyl (C=O) groups excluding carboxylic acids is 3. The van der Waals surface area contributed by atoms with E-state index in [1.807, 2.05) is 45.2 Å². The van der Waals surface area contributed by atoms with E-state index in [0.717, 1.165) is 0 Å². The molecule has 2 atom stereocenters. The Bertz CT molecular complexity index is 807. The molecule has 0 aliphatic rings. The summed E-state index contributed by atoms with van der Waals surface area (Å²) in [5, 5.41) is 40.0. The minimum atomic E-state index is -1.25. The zero-order valence-corrected chi connectivity index (χ0v) is 21.6. The Morgan fingerprint density at radius 2 is 1.45 bits per heavy atom. The van der Waals surface area contributed by atoms with Gasteiger partial charge in [0.2, 0.25) is 0 Å². The number of benzene rings is 1. The van der Waals surface area contributed by atoms with Crippen molar-refractivity contribution in [3.8, 4) is 0 Å². The lowest BCUT2D eigenvalue weighted by Gasteiger charge is -2.23. The van der Waals surface area contributed by atoms with Crippen LogP contribution in [0.4, 0.5) is 0 Å². The predicted molar refractivity (Wildman–Crippen MR) is 128 cm³/mol. The molecule has 0 aliphatic carbocycles. The highest BCUT2D eigenvalue weighted by Crippen LogP contribution is 2.33. The SMILES string of the molecule is CC(=O)c1c(I)c(C(=O)NCC(O)CO)c(I)c(C(=O)N(N)CC(O)CO)c1I. The number of Topliss-reactive ketones (excluding diaryl/α,β-unsaturated/α-hetero) is 1. The summed E-state index contributed by atoms with van der Waals surface area (Å²) in [7, 11) is 0. The summed E-state index contributed by atoms with van der Waals surface area (Å²) < 4.78 is 0.863. The molecule has 7 N–H and O–H groups in total. The van der Waals surface area contributed by atoms with Gasteiger partial charge in [-0.25, -0.2) is 5.84 Å². The molecule has 1 aromatic carbocycles. The number of hydrogen-bond donors (Lipinski definition) is 6. The lowest BCUT2D eigenvalue weighted by atomic mass is 10.0. The first kappa shape index (κ1) is 26.9.